The highest BCUT2D eigenvalue weighted by molar-refractivity contribution is 5.76. The Hall–Kier alpha value is -1.59. The van der Waals surface area contributed by atoms with E-state index in [0.29, 0.717) is 12.3 Å². The van der Waals surface area contributed by atoms with Crippen molar-refractivity contribution >= 4 is 11.6 Å². The zero-order valence-corrected chi connectivity index (χ0v) is 14.5. The van der Waals surface area contributed by atoms with Gasteiger partial charge in [0.2, 0.25) is 5.91 Å². The first kappa shape index (κ1) is 17.2. The normalized spacial score (nSPS) is 22.5. The predicted molar refractivity (Wildman–Crippen MR) is 95.7 cm³/mol. The maximum atomic E-state index is 12.6. The molecule has 0 aromatic heterocycles. The summed E-state index contributed by atoms with van der Waals surface area (Å²) in [5.41, 5.74) is 7.83. The van der Waals surface area contributed by atoms with Crippen molar-refractivity contribution in [2.45, 2.75) is 25.7 Å². The van der Waals surface area contributed by atoms with Crippen LogP contribution < -0.4 is 5.73 Å². The van der Waals surface area contributed by atoms with Crippen LogP contribution in [0.4, 0.5) is 5.69 Å². The van der Waals surface area contributed by atoms with Crippen LogP contribution in [-0.4, -0.2) is 61.6 Å². The van der Waals surface area contributed by atoms with Crippen LogP contribution in [0.3, 0.4) is 0 Å². The number of nitrogen functional groups attached to an aromatic ring is 1. The predicted octanol–water partition coefficient (Wildman–Crippen LogP) is 1.77. The summed E-state index contributed by atoms with van der Waals surface area (Å²) in [7, 11) is 0. The summed E-state index contributed by atoms with van der Waals surface area (Å²) >= 11 is 0. The van der Waals surface area contributed by atoms with Gasteiger partial charge in [-0.2, -0.15) is 0 Å². The minimum atomic E-state index is 0.268. The van der Waals surface area contributed by atoms with Crippen LogP contribution in [0.2, 0.25) is 0 Å². The van der Waals surface area contributed by atoms with E-state index >= 15 is 0 Å². The Morgan fingerprint density at radius 1 is 1.21 bits per heavy atom. The third-order valence-corrected chi connectivity index (χ3v) is 5.16. The summed E-state index contributed by atoms with van der Waals surface area (Å²) in [4.78, 5) is 17.1. The van der Waals surface area contributed by atoms with Gasteiger partial charge in [0.15, 0.2) is 0 Å². The molecule has 1 unspecified atom stereocenters. The van der Waals surface area contributed by atoms with Gasteiger partial charge in [-0.3, -0.25) is 9.69 Å². The van der Waals surface area contributed by atoms with E-state index in [-0.39, 0.29) is 5.91 Å². The van der Waals surface area contributed by atoms with Gasteiger partial charge in [0.05, 0.1) is 13.2 Å². The number of likely N-dealkylation sites (tertiary alicyclic amines) is 1. The number of hydrogen-bond donors (Lipinski definition) is 1. The number of rotatable bonds is 5. The Bertz CT molecular complexity index is 543. The lowest BCUT2D eigenvalue weighted by Gasteiger charge is -2.37. The van der Waals surface area contributed by atoms with Gasteiger partial charge in [-0.25, -0.2) is 0 Å². The summed E-state index contributed by atoms with van der Waals surface area (Å²) in [6.07, 6.45) is 3.63. The van der Waals surface area contributed by atoms with Crippen molar-refractivity contribution in [2.24, 2.45) is 5.92 Å². The Morgan fingerprint density at radius 2 is 2.00 bits per heavy atom. The number of anilines is 1. The zero-order valence-electron chi connectivity index (χ0n) is 14.5. The summed E-state index contributed by atoms with van der Waals surface area (Å²) in [6, 6.07) is 7.83. The molecule has 3 rings (SSSR count). The second-order valence-electron chi connectivity index (χ2n) is 6.96. The van der Waals surface area contributed by atoms with Gasteiger partial charge in [-0.1, -0.05) is 18.2 Å². The third kappa shape index (κ3) is 4.71. The molecule has 2 aliphatic rings. The number of aryl methyl sites for hydroxylation is 1. The highest BCUT2D eigenvalue weighted by Gasteiger charge is 2.25. The monoisotopic (exact) mass is 331 g/mol. The first-order valence-electron chi connectivity index (χ1n) is 9.13. The van der Waals surface area contributed by atoms with Gasteiger partial charge >= 0.3 is 0 Å². The number of benzene rings is 1. The summed E-state index contributed by atoms with van der Waals surface area (Å²) in [5, 5.41) is 0. The first-order chi connectivity index (χ1) is 11.7. The average Bonchev–Trinajstić information content (AvgIpc) is 2.62. The number of ether oxygens (including phenoxy) is 1. The van der Waals surface area contributed by atoms with Crippen LogP contribution in [0.5, 0.6) is 0 Å². The number of amides is 1. The van der Waals surface area contributed by atoms with Crippen molar-refractivity contribution in [3.63, 3.8) is 0 Å². The molecular weight excluding hydrogens is 302 g/mol. The molecule has 0 saturated carbocycles. The molecule has 5 nitrogen and oxygen atoms in total. The lowest BCUT2D eigenvalue weighted by atomic mass is 9.96. The van der Waals surface area contributed by atoms with Crippen LogP contribution >= 0.6 is 0 Å². The molecule has 1 atom stereocenters. The van der Waals surface area contributed by atoms with Gasteiger partial charge < -0.3 is 15.4 Å². The lowest BCUT2D eigenvalue weighted by Crippen LogP contribution is -2.46. The molecule has 5 heteroatoms. The summed E-state index contributed by atoms with van der Waals surface area (Å²) in [5.74, 6) is 0.868. The highest BCUT2D eigenvalue weighted by atomic mass is 16.5. The van der Waals surface area contributed by atoms with Gasteiger partial charge in [0.25, 0.3) is 0 Å². The van der Waals surface area contributed by atoms with Crippen molar-refractivity contribution in [1.82, 2.24) is 9.80 Å². The molecule has 24 heavy (non-hydrogen) atoms. The van der Waals surface area contributed by atoms with Crippen LogP contribution in [-0.2, 0) is 16.0 Å². The van der Waals surface area contributed by atoms with E-state index in [0.717, 1.165) is 70.0 Å². The molecule has 0 bridgehead atoms. The van der Waals surface area contributed by atoms with Gasteiger partial charge in [0.1, 0.15) is 0 Å². The largest absolute Gasteiger partial charge is 0.399 e. The molecule has 2 N–H and O–H groups in total. The first-order valence-corrected chi connectivity index (χ1v) is 9.13. The molecule has 2 fully saturated rings. The molecule has 132 valence electrons. The molecule has 0 radical (unpaired) electrons. The number of para-hydroxylation sites is 1. The fourth-order valence-corrected chi connectivity index (χ4v) is 3.75. The number of nitrogens with zero attached hydrogens (tertiary/aromatic N) is 2. The topological polar surface area (TPSA) is 58.8 Å². The van der Waals surface area contributed by atoms with E-state index < -0.39 is 0 Å². The fourth-order valence-electron chi connectivity index (χ4n) is 3.75. The fraction of sp³-hybridized carbons (Fsp3) is 0.632. The Balaban J connectivity index is 1.46. The third-order valence-electron chi connectivity index (χ3n) is 5.16. The summed E-state index contributed by atoms with van der Waals surface area (Å²) < 4.78 is 5.42. The molecule has 2 aliphatic heterocycles. The number of carbonyl (C=O) groups excluding carboxylic acids is 1. The van der Waals surface area contributed by atoms with Crippen LogP contribution in [0.15, 0.2) is 24.3 Å². The van der Waals surface area contributed by atoms with E-state index in [1.54, 1.807) is 0 Å². The van der Waals surface area contributed by atoms with E-state index in [2.05, 4.69) is 9.80 Å². The van der Waals surface area contributed by atoms with E-state index in [1.807, 2.05) is 24.3 Å². The Morgan fingerprint density at radius 3 is 2.79 bits per heavy atom. The quantitative estimate of drug-likeness (QED) is 0.836. The van der Waals surface area contributed by atoms with Crippen LogP contribution in [0.1, 0.15) is 24.8 Å². The van der Waals surface area contributed by atoms with Crippen molar-refractivity contribution in [1.29, 1.82) is 0 Å². The minimum absolute atomic E-state index is 0.268. The van der Waals surface area contributed by atoms with E-state index in [9.17, 15) is 4.79 Å². The summed E-state index contributed by atoms with van der Waals surface area (Å²) in [6.45, 7) is 6.64. The molecule has 1 aromatic carbocycles. The Labute approximate surface area is 144 Å². The van der Waals surface area contributed by atoms with Gasteiger partial charge in [0, 0.05) is 44.8 Å². The number of hydrogen-bond acceptors (Lipinski definition) is 4. The number of piperidine rings is 1. The molecule has 2 saturated heterocycles. The SMILES string of the molecule is Nc1ccccc1CCC(=O)N1CCCC(CN2CCOCC2)C1. The van der Waals surface area contributed by atoms with Crippen molar-refractivity contribution in [3.05, 3.63) is 29.8 Å². The van der Waals surface area contributed by atoms with Crippen molar-refractivity contribution in [2.75, 3.05) is 51.7 Å². The molecule has 2 heterocycles. The van der Waals surface area contributed by atoms with Gasteiger partial charge in [-0.05, 0) is 36.8 Å². The second-order valence-corrected chi connectivity index (χ2v) is 6.96. The maximum Gasteiger partial charge on any atom is 0.222 e. The standard InChI is InChI=1S/C19H29N3O2/c20-18-6-2-1-5-17(18)7-8-19(23)22-9-3-4-16(15-22)14-21-10-12-24-13-11-21/h1-2,5-6,16H,3-4,7-15,20H2. The molecular formula is C19H29N3O2. The van der Waals surface area contributed by atoms with Gasteiger partial charge in [-0.15, -0.1) is 0 Å². The number of morpholine rings is 1. The second kappa shape index (κ2) is 8.49. The van der Waals surface area contributed by atoms with E-state index in [1.165, 1.54) is 6.42 Å². The minimum Gasteiger partial charge on any atom is -0.399 e. The van der Waals surface area contributed by atoms with E-state index in [4.69, 9.17) is 10.5 Å². The number of carbonyl (C=O) groups is 1. The van der Waals surface area contributed by atoms with Crippen LogP contribution in [0, 0.1) is 5.92 Å². The average molecular weight is 331 g/mol. The highest BCUT2D eigenvalue weighted by Crippen LogP contribution is 2.20. The molecule has 0 aliphatic carbocycles. The Kier molecular flexibility index (Phi) is 6.10. The maximum absolute atomic E-state index is 12.6. The zero-order chi connectivity index (χ0) is 16.8. The molecule has 1 aromatic rings. The smallest absolute Gasteiger partial charge is 0.222 e. The molecule has 0 spiro atoms. The number of nitrogens with two attached hydrogens (primary N) is 1. The molecule has 1 amide bonds. The van der Waals surface area contributed by atoms with Crippen molar-refractivity contribution in [3.8, 4) is 0 Å². The van der Waals surface area contributed by atoms with Crippen molar-refractivity contribution < 1.29 is 9.53 Å². The lowest BCUT2D eigenvalue weighted by molar-refractivity contribution is -0.133. The van der Waals surface area contributed by atoms with Crippen LogP contribution in [0.25, 0.3) is 0 Å².